The molecule has 1 aromatic rings. The fourth-order valence-electron chi connectivity index (χ4n) is 1.59. The van der Waals surface area contributed by atoms with Crippen LogP contribution < -0.4 is 10.6 Å². The highest BCUT2D eigenvalue weighted by atomic mass is 35.5. The van der Waals surface area contributed by atoms with Crippen LogP contribution in [-0.4, -0.2) is 29.9 Å². The molecule has 0 bridgehead atoms. The van der Waals surface area contributed by atoms with Crippen molar-refractivity contribution in [3.8, 4) is 0 Å². The Morgan fingerprint density at radius 3 is 2.33 bits per heavy atom. The molecule has 0 fully saturated rings. The third kappa shape index (κ3) is 4.19. The molecule has 2 atom stereocenters. The Labute approximate surface area is 127 Å². The van der Waals surface area contributed by atoms with Crippen molar-refractivity contribution >= 4 is 35.1 Å². The van der Waals surface area contributed by atoms with Crippen molar-refractivity contribution in [2.45, 2.75) is 13.8 Å². The summed E-state index contributed by atoms with van der Waals surface area (Å²) in [6.45, 7) is 2.97. The van der Waals surface area contributed by atoms with Crippen molar-refractivity contribution in [3.05, 3.63) is 28.8 Å². The minimum Gasteiger partial charge on any atom is -0.481 e. The molecular formula is C14H17ClN2O4. The number of carbonyl (C=O) groups is 3. The van der Waals surface area contributed by atoms with Gasteiger partial charge in [0.1, 0.15) is 0 Å². The number of aliphatic carboxylic acids is 1. The number of benzene rings is 1. The molecule has 7 heteroatoms. The Morgan fingerprint density at radius 1 is 1.19 bits per heavy atom. The number of amides is 2. The van der Waals surface area contributed by atoms with Crippen LogP contribution in [0, 0.1) is 11.8 Å². The number of nitrogens with one attached hydrogen (secondary N) is 2. The molecule has 0 aliphatic carbocycles. The Morgan fingerprint density at radius 2 is 1.81 bits per heavy atom. The van der Waals surface area contributed by atoms with Crippen molar-refractivity contribution in [2.24, 2.45) is 11.8 Å². The van der Waals surface area contributed by atoms with Crippen molar-refractivity contribution in [2.75, 3.05) is 12.4 Å². The number of anilines is 1. The zero-order valence-corrected chi connectivity index (χ0v) is 12.7. The second-order valence-corrected chi connectivity index (χ2v) is 5.09. The average Bonchev–Trinajstić information content (AvgIpc) is 2.46. The van der Waals surface area contributed by atoms with Gasteiger partial charge in [0.25, 0.3) is 5.91 Å². The first-order chi connectivity index (χ1) is 9.77. The lowest BCUT2D eigenvalue weighted by Crippen LogP contribution is -2.30. The predicted octanol–water partition coefficient (Wildman–Crippen LogP) is 1.99. The van der Waals surface area contributed by atoms with Crippen molar-refractivity contribution in [3.63, 3.8) is 0 Å². The maximum atomic E-state index is 12.0. The smallest absolute Gasteiger partial charge is 0.307 e. The predicted molar refractivity (Wildman–Crippen MR) is 79.4 cm³/mol. The quantitative estimate of drug-likeness (QED) is 0.775. The molecule has 114 valence electrons. The maximum absolute atomic E-state index is 12.0. The van der Waals surface area contributed by atoms with Crippen LogP contribution in [0.15, 0.2) is 18.2 Å². The summed E-state index contributed by atoms with van der Waals surface area (Å²) in [6, 6.07) is 4.46. The molecule has 0 spiro atoms. The molecule has 0 radical (unpaired) electrons. The van der Waals surface area contributed by atoms with Crippen LogP contribution in [0.2, 0.25) is 5.02 Å². The monoisotopic (exact) mass is 312 g/mol. The largest absolute Gasteiger partial charge is 0.481 e. The minimum absolute atomic E-state index is 0.270. The molecule has 3 N–H and O–H groups in total. The summed E-state index contributed by atoms with van der Waals surface area (Å²) >= 11 is 5.97. The van der Waals surface area contributed by atoms with Crippen molar-refractivity contribution < 1.29 is 19.5 Å². The van der Waals surface area contributed by atoms with Crippen LogP contribution in [0.1, 0.15) is 24.2 Å². The Bertz CT molecular complexity index is 574. The molecule has 0 saturated carbocycles. The molecule has 2 amide bonds. The second-order valence-electron chi connectivity index (χ2n) is 4.68. The van der Waals surface area contributed by atoms with Gasteiger partial charge >= 0.3 is 5.97 Å². The van der Waals surface area contributed by atoms with E-state index in [4.69, 9.17) is 16.7 Å². The SMILES string of the molecule is CNC(=O)c1ccc(Cl)c(NC(=O)C(C)C(C)C(=O)O)c1. The maximum Gasteiger partial charge on any atom is 0.307 e. The van der Waals surface area contributed by atoms with Gasteiger partial charge in [0.15, 0.2) is 0 Å². The van der Waals surface area contributed by atoms with E-state index in [2.05, 4.69) is 10.6 Å². The van der Waals surface area contributed by atoms with Gasteiger partial charge < -0.3 is 15.7 Å². The normalized spacial score (nSPS) is 13.1. The standard InChI is InChI=1S/C14H17ClN2O4/c1-7(8(2)14(20)21)12(18)17-11-6-9(13(19)16-3)4-5-10(11)15/h4-8H,1-3H3,(H,16,19)(H,17,18)(H,20,21). The van der Waals surface area contributed by atoms with Gasteiger partial charge in [-0.2, -0.15) is 0 Å². The van der Waals surface area contributed by atoms with E-state index in [-0.39, 0.29) is 16.6 Å². The number of hydrogen-bond acceptors (Lipinski definition) is 3. The third-order valence-corrected chi connectivity index (χ3v) is 3.60. The summed E-state index contributed by atoms with van der Waals surface area (Å²) in [6.07, 6.45) is 0. The fourth-order valence-corrected chi connectivity index (χ4v) is 1.76. The van der Waals surface area contributed by atoms with E-state index in [1.807, 2.05) is 0 Å². The van der Waals surface area contributed by atoms with Gasteiger partial charge in [-0.15, -0.1) is 0 Å². The molecule has 0 heterocycles. The van der Waals surface area contributed by atoms with Gasteiger partial charge in [-0.05, 0) is 18.2 Å². The molecule has 21 heavy (non-hydrogen) atoms. The molecule has 2 unspecified atom stereocenters. The fraction of sp³-hybridized carbons (Fsp3) is 0.357. The second kappa shape index (κ2) is 7.08. The van der Waals surface area contributed by atoms with Gasteiger partial charge in [-0.3, -0.25) is 14.4 Å². The van der Waals surface area contributed by atoms with E-state index >= 15 is 0 Å². The minimum atomic E-state index is -1.05. The van der Waals surface area contributed by atoms with Crippen LogP contribution in [0.5, 0.6) is 0 Å². The summed E-state index contributed by atoms with van der Waals surface area (Å²) < 4.78 is 0. The van der Waals surface area contributed by atoms with Gasteiger partial charge in [0.2, 0.25) is 5.91 Å². The number of rotatable bonds is 5. The first kappa shape index (κ1) is 17.0. The number of carboxylic acids is 1. The topological polar surface area (TPSA) is 95.5 Å². The molecular weight excluding hydrogens is 296 g/mol. The lowest BCUT2D eigenvalue weighted by molar-refractivity contribution is -0.145. The van der Waals surface area contributed by atoms with Gasteiger partial charge in [0.05, 0.1) is 16.6 Å². The summed E-state index contributed by atoms with van der Waals surface area (Å²) in [5.74, 6) is -3.40. The lowest BCUT2D eigenvalue weighted by atomic mass is 9.95. The average molecular weight is 313 g/mol. The Kier molecular flexibility index (Phi) is 5.72. The molecule has 0 saturated heterocycles. The van der Waals surface area contributed by atoms with Gasteiger partial charge in [-0.1, -0.05) is 25.4 Å². The van der Waals surface area contributed by atoms with E-state index in [1.165, 1.54) is 39.1 Å². The summed E-state index contributed by atoms with van der Waals surface area (Å²) in [5, 5.41) is 14.2. The lowest BCUT2D eigenvalue weighted by Gasteiger charge is -2.16. The highest BCUT2D eigenvalue weighted by Gasteiger charge is 2.26. The third-order valence-electron chi connectivity index (χ3n) is 3.27. The van der Waals surface area contributed by atoms with Gasteiger partial charge in [0, 0.05) is 18.5 Å². The first-order valence-electron chi connectivity index (χ1n) is 6.33. The number of carboxylic acid groups (broad SMARTS) is 1. The summed E-state index contributed by atoms with van der Waals surface area (Å²) in [7, 11) is 1.49. The summed E-state index contributed by atoms with van der Waals surface area (Å²) in [5.41, 5.74) is 0.614. The number of halogens is 1. The molecule has 0 aromatic heterocycles. The van der Waals surface area contributed by atoms with Crippen LogP contribution in [0.25, 0.3) is 0 Å². The molecule has 1 aromatic carbocycles. The highest BCUT2D eigenvalue weighted by Crippen LogP contribution is 2.24. The van der Waals surface area contributed by atoms with E-state index in [9.17, 15) is 14.4 Å². The van der Waals surface area contributed by atoms with Crippen LogP contribution in [0.4, 0.5) is 5.69 Å². The van der Waals surface area contributed by atoms with Gasteiger partial charge in [-0.25, -0.2) is 0 Å². The first-order valence-corrected chi connectivity index (χ1v) is 6.71. The van der Waals surface area contributed by atoms with E-state index < -0.39 is 23.7 Å². The van der Waals surface area contributed by atoms with Crippen molar-refractivity contribution in [1.82, 2.24) is 5.32 Å². The van der Waals surface area contributed by atoms with E-state index in [0.29, 0.717) is 5.56 Å². The Balaban J connectivity index is 2.94. The van der Waals surface area contributed by atoms with E-state index in [1.54, 1.807) is 0 Å². The molecule has 1 rings (SSSR count). The van der Waals surface area contributed by atoms with Crippen LogP contribution in [-0.2, 0) is 9.59 Å². The number of hydrogen-bond donors (Lipinski definition) is 3. The van der Waals surface area contributed by atoms with E-state index in [0.717, 1.165) is 0 Å². The van der Waals surface area contributed by atoms with Crippen molar-refractivity contribution in [1.29, 1.82) is 0 Å². The molecule has 6 nitrogen and oxygen atoms in total. The molecule has 0 aliphatic heterocycles. The van der Waals surface area contributed by atoms with Crippen LogP contribution >= 0.6 is 11.6 Å². The zero-order chi connectivity index (χ0) is 16.2. The highest BCUT2D eigenvalue weighted by molar-refractivity contribution is 6.34. The Hall–Kier alpha value is -2.08. The zero-order valence-electron chi connectivity index (χ0n) is 11.9. The van der Waals surface area contributed by atoms with Crippen LogP contribution in [0.3, 0.4) is 0 Å². The number of carbonyl (C=O) groups excluding carboxylic acids is 2. The summed E-state index contributed by atoms with van der Waals surface area (Å²) in [4.78, 5) is 34.5. The molecule has 0 aliphatic rings.